The van der Waals surface area contributed by atoms with Crippen LogP contribution in [-0.4, -0.2) is 12.1 Å². The molecule has 0 radical (unpaired) electrons. The van der Waals surface area contributed by atoms with Crippen LogP contribution < -0.4 is 4.74 Å². The number of fused-ring (bicyclic) bond motifs is 1. The van der Waals surface area contributed by atoms with Gasteiger partial charge in [0.1, 0.15) is 5.75 Å². The van der Waals surface area contributed by atoms with Crippen molar-refractivity contribution in [3.05, 3.63) is 54.7 Å². The van der Waals surface area contributed by atoms with Crippen LogP contribution in [0.1, 0.15) is 0 Å². The van der Waals surface area contributed by atoms with Gasteiger partial charge in [-0.25, -0.2) is 0 Å². The van der Waals surface area contributed by atoms with Gasteiger partial charge in [-0.3, -0.25) is 0 Å². The predicted octanol–water partition coefficient (Wildman–Crippen LogP) is 3.84. The highest BCUT2D eigenvalue weighted by atomic mass is 16.5. The first-order valence-electron chi connectivity index (χ1n) is 5.59. The highest BCUT2D eigenvalue weighted by molar-refractivity contribution is 5.96. The van der Waals surface area contributed by atoms with Gasteiger partial charge in [0.05, 0.1) is 12.8 Å². The quantitative estimate of drug-likeness (QED) is 0.701. The largest absolute Gasteiger partial charge is 0.496 e. The van der Waals surface area contributed by atoms with Crippen molar-refractivity contribution in [2.45, 2.75) is 0 Å². The lowest BCUT2D eigenvalue weighted by Gasteiger charge is -2.06. The Morgan fingerprint density at radius 1 is 0.941 bits per heavy atom. The van der Waals surface area contributed by atoms with E-state index in [4.69, 9.17) is 4.74 Å². The van der Waals surface area contributed by atoms with Crippen molar-refractivity contribution in [3.63, 3.8) is 0 Å². The van der Waals surface area contributed by atoms with E-state index < -0.39 is 0 Å². The number of aromatic amines is 1. The summed E-state index contributed by atoms with van der Waals surface area (Å²) in [7, 11) is 1.70. The number of benzene rings is 2. The van der Waals surface area contributed by atoms with Crippen LogP contribution in [0, 0.1) is 0 Å². The minimum absolute atomic E-state index is 0.889. The summed E-state index contributed by atoms with van der Waals surface area (Å²) in [6, 6.07) is 16.4. The van der Waals surface area contributed by atoms with Crippen LogP contribution in [0.3, 0.4) is 0 Å². The number of methoxy groups -OCH3 is 1. The Morgan fingerprint density at radius 2 is 1.71 bits per heavy atom. The Balaban J connectivity index is 2.27. The number of nitrogens with one attached hydrogen (secondary N) is 1. The molecule has 84 valence electrons. The standard InChI is InChI=1S/C15H13NO/c1-17-14-9-5-4-8-13(14)15-12-7-3-2-6-11(12)10-16-15/h2-10,16H,1H3. The molecule has 17 heavy (non-hydrogen) atoms. The van der Waals surface area contributed by atoms with Gasteiger partial charge in [-0.15, -0.1) is 0 Å². The van der Waals surface area contributed by atoms with Gasteiger partial charge in [0.25, 0.3) is 0 Å². The Morgan fingerprint density at radius 3 is 2.59 bits per heavy atom. The number of ether oxygens (including phenoxy) is 1. The van der Waals surface area contributed by atoms with Crippen molar-refractivity contribution in [1.29, 1.82) is 0 Å². The number of para-hydroxylation sites is 1. The molecule has 0 bridgehead atoms. The van der Waals surface area contributed by atoms with Crippen LogP contribution in [0.15, 0.2) is 54.7 Å². The molecule has 0 spiro atoms. The summed E-state index contributed by atoms with van der Waals surface area (Å²) in [5, 5.41) is 2.44. The van der Waals surface area contributed by atoms with Crippen LogP contribution >= 0.6 is 0 Å². The van der Waals surface area contributed by atoms with Crippen LogP contribution in [0.2, 0.25) is 0 Å². The molecule has 0 fully saturated rings. The zero-order chi connectivity index (χ0) is 11.7. The van der Waals surface area contributed by atoms with E-state index in [0.717, 1.165) is 17.0 Å². The Labute approximate surface area is 99.9 Å². The van der Waals surface area contributed by atoms with E-state index in [1.807, 2.05) is 30.5 Å². The second-order valence-corrected chi connectivity index (χ2v) is 3.95. The van der Waals surface area contributed by atoms with Gasteiger partial charge < -0.3 is 9.72 Å². The van der Waals surface area contributed by atoms with E-state index in [1.54, 1.807) is 7.11 Å². The summed E-state index contributed by atoms with van der Waals surface area (Å²) in [4.78, 5) is 3.32. The lowest BCUT2D eigenvalue weighted by Crippen LogP contribution is -1.87. The Kier molecular flexibility index (Phi) is 2.33. The van der Waals surface area contributed by atoms with Crippen molar-refractivity contribution in [3.8, 4) is 17.0 Å². The topological polar surface area (TPSA) is 25.0 Å². The monoisotopic (exact) mass is 223 g/mol. The molecule has 3 rings (SSSR count). The van der Waals surface area contributed by atoms with Crippen molar-refractivity contribution in [2.24, 2.45) is 0 Å². The number of hydrogen-bond acceptors (Lipinski definition) is 1. The molecule has 0 saturated heterocycles. The Bertz CT molecular complexity index is 655. The molecule has 1 N–H and O–H groups in total. The molecule has 0 aliphatic rings. The SMILES string of the molecule is COc1ccccc1-c1[nH]cc2ccccc12. The van der Waals surface area contributed by atoms with Gasteiger partial charge in [-0.2, -0.15) is 0 Å². The van der Waals surface area contributed by atoms with Crippen molar-refractivity contribution < 1.29 is 4.74 Å². The minimum Gasteiger partial charge on any atom is -0.496 e. The molecule has 0 saturated carbocycles. The van der Waals surface area contributed by atoms with E-state index >= 15 is 0 Å². The molecule has 0 unspecified atom stereocenters. The number of aromatic nitrogens is 1. The molecule has 2 nitrogen and oxygen atoms in total. The summed E-state index contributed by atoms with van der Waals surface area (Å²) < 4.78 is 5.40. The maximum absolute atomic E-state index is 5.40. The number of H-pyrrole nitrogens is 1. The second kappa shape index (κ2) is 3.98. The summed E-state index contributed by atoms with van der Waals surface area (Å²) >= 11 is 0. The third-order valence-electron chi connectivity index (χ3n) is 2.98. The first-order valence-corrected chi connectivity index (χ1v) is 5.59. The summed E-state index contributed by atoms with van der Waals surface area (Å²) in [6.45, 7) is 0. The molecular formula is C15H13NO. The number of hydrogen-bond donors (Lipinski definition) is 1. The van der Waals surface area contributed by atoms with E-state index in [2.05, 4.69) is 29.2 Å². The minimum atomic E-state index is 0.889. The smallest absolute Gasteiger partial charge is 0.128 e. The number of rotatable bonds is 2. The maximum Gasteiger partial charge on any atom is 0.128 e. The first kappa shape index (κ1) is 9.97. The second-order valence-electron chi connectivity index (χ2n) is 3.95. The maximum atomic E-state index is 5.40. The third kappa shape index (κ3) is 1.58. The zero-order valence-corrected chi connectivity index (χ0v) is 9.60. The molecule has 0 amide bonds. The van der Waals surface area contributed by atoms with E-state index in [1.165, 1.54) is 10.8 Å². The fourth-order valence-corrected chi connectivity index (χ4v) is 2.15. The van der Waals surface area contributed by atoms with Gasteiger partial charge in [0, 0.05) is 17.1 Å². The lowest BCUT2D eigenvalue weighted by atomic mass is 10.1. The van der Waals surface area contributed by atoms with Gasteiger partial charge >= 0.3 is 0 Å². The van der Waals surface area contributed by atoms with Gasteiger partial charge in [-0.1, -0.05) is 36.4 Å². The molecule has 1 heterocycles. The lowest BCUT2D eigenvalue weighted by molar-refractivity contribution is 0.416. The summed E-state index contributed by atoms with van der Waals surface area (Å²) in [6.07, 6.45) is 2.02. The first-order chi connectivity index (χ1) is 8.40. The third-order valence-corrected chi connectivity index (χ3v) is 2.98. The van der Waals surface area contributed by atoms with E-state index in [-0.39, 0.29) is 0 Å². The highest BCUT2D eigenvalue weighted by Crippen LogP contribution is 2.33. The molecule has 0 aliphatic heterocycles. The van der Waals surface area contributed by atoms with Gasteiger partial charge in [-0.05, 0) is 17.5 Å². The van der Waals surface area contributed by atoms with Gasteiger partial charge in [0.2, 0.25) is 0 Å². The highest BCUT2D eigenvalue weighted by Gasteiger charge is 2.09. The van der Waals surface area contributed by atoms with Gasteiger partial charge in [0.15, 0.2) is 0 Å². The van der Waals surface area contributed by atoms with Crippen LogP contribution in [0.25, 0.3) is 22.0 Å². The van der Waals surface area contributed by atoms with Crippen molar-refractivity contribution >= 4 is 10.8 Å². The van der Waals surface area contributed by atoms with E-state index in [0.29, 0.717) is 0 Å². The van der Waals surface area contributed by atoms with E-state index in [9.17, 15) is 0 Å². The predicted molar refractivity (Wildman–Crippen MR) is 70.3 cm³/mol. The molecule has 3 aromatic rings. The summed E-state index contributed by atoms with van der Waals surface area (Å²) in [5.74, 6) is 0.889. The molecular weight excluding hydrogens is 210 g/mol. The summed E-state index contributed by atoms with van der Waals surface area (Å²) in [5.41, 5.74) is 2.20. The van der Waals surface area contributed by atoms with Crippen LogP contribution in [0.5, 0.6) is 5.75 Å². The van der Waals surface area contributed by atoms with Crippen molar-refractivity contribution in [2.75, 3.05) is 7.11 Å². The normalized spacial score (nSPS) is 10.6. The molecule has 0 aliphatic carbocycles. The van der Waals surface area contributed by atoms with Crippen molar-refractivity contribution in [1.82, 2.24) is 4.98 Å². The molecule has 1 aromatic heterocycles. The molecule has 2 aromatic carbocycles. The fraction of sp³-hybridized carbons (Fsp3) is 0.0667. The van der Waals surface area contributed by atoms with Crippen LogP contribution in [0.4, 0.5) is 0 Å². The molecule has 0 atom stereocenters. The fourth-order valence-electron chi connectivity index (χ4n) is 2.15. The zero-order valence-electron chi connectivity index (χ0n) is 9.60. The van der Waals surface area contributed by atoms with Crippen LogP contribution in [-0.2, 0) is 0 Å². The Hall–Kier alpha value is -2.22. The molecule has 2 heteroatoms. The average molecular weight is 223 g/mol. The average Bonchev–Trinajstić information content (AvgIpc) is 2.82.